The first kappa shape index (κ1) is 27.8. The molecule has 0 aromatic carbocycles. The van der Waals surface area contributed by atoms with Gasteiger partial charge >= 0.3 is 0 Å². The van der Waals surface area contributed by atoms with Gasteiger partial charge in [-0.25, -0.2) is 0 Å². The third-order valence-electron chi connectivity index (χ3n) is 13.6. The van der Waals surface area contributed by atoms with Gasteiger partial charge in [-0.15, -0.1) is 20.4 Å². The molecule has 0 saturated heterocycles. The minimum atomic E-state index is 0.477. The molecule has 0 aliphatic heterocycles. The lowest BCUT2D eigenvalue weighted by Gasteiger charge is -2.40. The Morgan fingerprint density at radius 2 is 0.714 bits per heavy atom. The normalized spacial score (nSPS) is 41.1. The fraction of sp³-hybridized carbons (Fsp3) is 0.889. The average Bonchev–Trinajstić information content (AvgIpc) is 3.76. The summed E-state index contributed by atoms with van der Waals surface area (Å²) >= 11 is 0. The second kappa shape index (κ2) is 12.3. The van der Waals surface area contributed by atoms with Crippen molar-refractivity contribution in [3.63, 3.8) is 0 Å². The van der Waals surface area contributed by atoms with Crippen molar-refractivity contribution in [2.45, 2.75) is 165 Å². The lowest BCUT2D eigenvalue weighted by Crippen LogP contribution is -2.29. The molecule has 2 aromatic rings. The van der Waals surface area contributed by atoms with Crippen molar-refractivity contribution in [3.05, 3.63) is 23.6 Å². The quantitative estimate of drug-likeness (QED) is 0.354. The first-order chi connectivity index (χ1) is 20.8. The van der Waals surface area contributed by atoms with E-state index in [0.717, 1.165) is 59.1 Å². The maximum atomic E-state index is 6.48. The molecule has 6 heteroatoms. The van der Waals surface area contributed by atoms with Gasteiger partial charge in [0.1, 0.15) is 0 Å². The average molecular weight is 575 g/mol. The lowest BCUT2D eigenvalue weighted by molar-refractivity contribution is 0.125. The summed E-state index contributed by atoms with van der Waals surface area (Å²) < 4.78 is 13.0. The van der Waals surface area contributed by atoms with Gasteiger partial charge < -0.3 is 8.83 Å². The number of hydrogen-bond donors (Lipinski definition) is 0. The molecular formula is C36H54N4O2. The molecule has 0 radical (unpaired) electrons. The number of rotatable bonds is 5. The van der Waals surface area contributed by atoms with Gasteiger partial charge in [0, 0.05) is 23.7 Å². The van der Waals surface area contributed by atoms with Crippen molar-refractivity contribution < 1.29 is 8.83 Å². The fourth-order valence-corrected chi connectivity index (χ4v) is 11.3. The van der Waals surface area contributed by atoms with Gasteiger partial charge in [-0.3, -0.25) is 0 Å². The smallest absolute Gasteiger partial charge is 0.219 e. The Kier molecular flexibility index (Phi) is 8.17. The van der Waals surface area contributed by atoms with Crippen molar-refractivity contribution in [2.24, 2.45) is 35.5 Å². The molecule has 6 atom stereocenters. The SMILES string of the molecule is C1CCC2C(C1)CCCC2c1nnc(C2CCC(C3CCC(c4nnc(C5CCCC6CCCCC65)o4)CC3)CC2)o1. The van der Waals surface area contributed by atoms with Crippen LogP contribution in [0.4, 0.5) is 0 Å². The van der Waals surface area contributed by atoms with Crippen LogP contribution in [0.1, 0.15) is 188 Å². The molecule has 2 heterocycles. The molecule has 6 nitrogen and oxygen atoms in total. The fourth-order valence-electron chi connectivity index (χ4n) is 11.3. The van der Waals surface area contributed by atoms with E-state index in [1.807, 2.05) is 0 Å². The van der Waals surface area contributed by atoms with Crippen LogP contribution in [0.15, 0.2) is 8.83 Å². The molecule has 6 unspecified atom stereocenters. The van der Waals surface area contributed by atoms with E-state index in [4.69, 9.17) is 8.83 Å². The summed E-state index contributed by atoms with van der Waals surface area (Å²) in [5.74, 6) is 11.0. The van der Waals surface area contributed by atoms with E-state index in [-0.39, 0.29) is 0 Å². The predicted molar refractivity (Wildman–Crippen MR) is 162 cm³/mol. The Morgan fingerprint density at radius 1 is 0.333 bits per heavy atom. The Balaban J connectivity index is 0.827. The summed E-state index contributed by atoms with van der Waals surface area (Å²) in [4.78, 5) is 0. The third kappa shape index (κ3) is 5.51. The second-order valence-corrected chi connectivity index (χ2v) is 15.7. The van der Waals surface area contributed by atoms with Crippen LogP contribution in [0.3, 0.4) is 0 Å². The summed E-state index contributed by atoms with van der Waals surface area (Å²) in [6.07, 6.45) is 29.4. The van der Waals surface area contributed by atoms with E-state index in [1.54, 1.807) is 0 Å². The van der Waals surface area contributed by atoms with Gasteiger partial charge in [0.15, 0.2) is 0 Å². The zero-order chi connectivity index (χ0) is 27.9. The van der Waals surface area contributed by atoms with E-state index >= 15 is 0 Å². The van der Waals surface area contributed by atoms with Crippen molar-refractivity contribution in [3.8, 4) is 0 Å². The molecule has 0 spiro atoms. The highest BCUT2D eigenvalue weighted by atomic mass is 16.4. The predicted octanol–water partition coefficient (Wildman–Crippen LogP) is 9.85. The zero-order valence-corrected chi connectivity index (χ0v) is 25.9. The van der Waals surface area contributed by atoms with E-state index in [2.05, 4.69) is 20.4 Å². The summed E-state index contributed by atoms with van der Waals surface area (Å²) in [6.45, 7) is 0. The van der Waals surface area contributed by atoms with Crippen LogP contribution in [-0.2, 0) is 0 Å². The topological polar surface area (TPSA) is 77.8 Å². The monoisotopic (exact) mass is 574 g/mol. The molecule has 2 aromatic heterocycles. The van der Waals surface area contributed by atoms with Crippen molar-refractivity contribution >= 4 is 0 Å². The van der Waals surface area contributed by atoms with E-state index in [9.17, 15) is 0 Å². The van der Waals surface area contributed by atoms with Crippen LogP contribution in [-0.4, -0.2) is 20.4 Å². The zero-order valence-electron chi connectivity index (χ0n) is 25.9. The lowest BCUT2D eigenvalue weighted by atomic mass is 9.65. The Labute approximate surface area is 253 Å². The second-order valence-electron chi connectivity index (χ2n) is 15.7. The molecule has 6 fully saturated rings. The van der Waals surface area contributed by atoms with E-state index < -0.39 is 0 Å². The number of hydrogen-bond acceptors (Lipinski definition) is 6. The molecule has 42 heavy (non-hydrogen) atoms. The molecular weight excluding hydrogens is 520 g/mol. The van der Waals surface area contributed by atoms with Gasteiger partial charge in [0.25, 0.3) is 0 Å². The minimum Gasteiger partial charge on any atom is -0.425 e. The Bertz CT molecular complexity index is 1060. The maximum absolute atomic E-state index is 6.48. The van der Waals surface area contributed by atoms with Crippen LogP contribution in [0, 0.1) is 35.5 Å². The van der Waals surface area contributed by atoms with Gasteiger partial charge in [0.2, 0.25) is 23.6 Å². The first-order valence-corrected chi connectivity index (χ1v) is 18.5. The highest BCUT2D eigenvalue weighted by molar-refractivity contribution is 5.05. The summed E-state index contributed by atoms with van der Waals surface area (Å²) in [5, 5.41) is 18.6. The molecule has 0 amide bonds. The Morgan fingerprint density at radius 3 is 1.17 bits per heavy atom. The largest absolute Gasteiger partial charge is 0.425 e. The van der Waals surface area contributed by atoms with Gasteiger partial charge in [-0.1, -0.05) is 64.2 Å². The van der Waals surface area contributed by atoms with Crippen LogP contribution < -0.4 is 0 Å². The number of nitrogens with zero attached hydrogens (tertiary/aromatic N) is 4. The van der Waals surface area contributed by atoms with Crippen LogP contribution >= 0.6 is 0 Å². The highest BCUT2D eigenvalue weighted by Crippen LogP contribution is 2.51. The summed E-state index contributed by atoms with van der Waals surface area (Å²) in [7, 11) is 0. The molecule has 0 N–H and O–H groups in total. The maximum Gasteiger partial charge on any atom is 0.219 e. The Hall–Kier alpha value is -1.72. The van der Waals surface area contributed by atoms with Crippen LogP contribution in [0.25, 0.3) is 0 Å². The van der Waals surface area contributed by atoms with Gasteiger partial charge in [0.05, 0.1) is 0 Å². The van der Waals surface area contributed by atoms with E-state index in [0.29, 0.717) is 23.7 Å². The van der Waals surface area contributed by atoms with Crippen molar-refractivity contribution in [2.75, 3.05) is 0 Å². The third-order valence-corrected chi connectivity index (χ3v) is 13.6. The van der Waals surface area contributed by atoms with Crippen LogP contribution in [0.5, 0.6) is 0 Å². The number of fused-ring (bicyclic) bond motifs is 2. The standard InChI is InChI=1S/C36H54N4O2/c1-3-11-29-25(7-1)9-5-13-31(29)35-39-37-33(41-35)27-19-15-23(16-20-27)24-17-21-28(22-18-24)34-38-40-36(42-34)32-14-6-10-26-8-2-4-12-30(26)32/h23-32H,1-22H2. The molecule has 0 bridgehead atoms. The molecule has 6 aliphatic carbocycles. The highest BCUT2D eigenvalue weighted by Gasteiger charge is 2.41. The van der Waals surface area contributed by atoms with Crippen LogP contribution in [0.2, 0.25) is 0 Å². The summed E-state index contributed by atoms with van der Waals surface area (Å²) in [5.41, 5.74) is 0. The minimum absolute atomic E-state index is 0.477. The molecule has 230 valence electrons. The molecule has 6 saturated carbocycles. The van der Waals surface area contributed by atoms with Crippen molar-refractivity contribution in [1.29, 1.82) is 0 Å². The summed E-state index contributed by atoms with van der Waals surface area (Å²) in [6, 6.07) is 0. The van der Waals surface area contributed by atoms with Gasteiger partial charge in [-0.05, 0) is 113 Å². The van der Waals surface area contributed by atoms with E-state index in [1.165, 1.54) is 141 Å². The van der Waals surface area contributed by atoms with Gasteiger partial charge in [-0.2, -0.15) is 0 Å². The molecule has 6 aliphatic rings. The molecule has 8 rings (SSSR count). The van der Waals surface area contributed by atoms with Crippen molar-refractivity contribution in [1.82, 2.24) is 20.4 Å². The number of aromatic nitrogens is 4. The first-order valence-electron chi connectivity index (χ1n) is 18.5.